The molecule has 0 bridgehead atoms. The Morgan fingerprint density at radius 1 is 0.628 bits per heavy atom. The molecule has 0 amide bonds. The largest absolute Gasteiger partial charge is 1.00 e. The number of hydrogen-bond donors (Lipinski definition) is 7. The Bertz CT molecular complexity index is 3340. The first-order valence-corrected chi connectivity index (χ1v) is 26.1. The van der Waals surface area contributed by atoms with Crippen LogP contribution >= 0.6 is 0 Å². The van der Waals surface area contributed by atoms with Crippen LogP contribution in [0.1, 0.15) is 56.9 Å². The molecule has 0 aliphatic heterocycles. The molecule has 4 aromatic carbocycles. The van der Waals surface area contributed by atoms with Crippen LogP contribution in [0.3, 0.4) is 0 Å². The Balaban J connectivity index is 0.00000462. The number of hydrogen-bond acceptors (Lipinski definition) is 26. The van der Waals surface area contributed by atoms with Gasteiger partial charge in [-0.05, 0) is 55.2 Å². The van der Waals surface area contributed by atoms with E-state index in [2.05, 4.69) is 58.0 Å². The minimum atomic E-state index is -5.00. The van der Waals surface area contributed by atoms with Crippen molar-refractivity contribution in [2.24, 2.45) is 0 Å². The van der Waals surface area contributed by atoms with Crippen LogP contribution in [0.15, 0.2) is 82.6 Å². The molecule has 0 fully saturated rings. The van der Waals surface area contributed by atoms with Gasteiger partial charge in [0.1, 0.15) is 31.9 Å². The van der Waals surface area contributed by atoms with Gasteiger partial charge in [0.15, 0.2) is 5.82 Å². The summed E-state index contributed by atoms with van der Waals surface area (Å²) in [5, 5.41) is 47.6. The Morgan fingerprint density at radius 3 is 1.63 bits per heavy atom. The summed E-state index contributed by atoms with van der Waals surface area (Å²) in [6.45, 7) is 2.64. The second-order valence-corrected chi connectivity index (χ2v) is 18.7. The zero-order chi connectivity index (χ0) is 54.6. The fraction of sp³-hybridized carbons (Fsp3) is 0.273. The molecule has 26 nitrogen and oxygen atoms in total. The van der Waals surface area contributed by atoms with Crippen LogP contribution in [0.4, 0.5) is 29.2 Å². The summed E-state index contributed by atoms with van der Waals surface area (Å²) >= 11 is 0. The van der Waals surface area contributed by atoms with E-state index in [1.807, 2.05) is 25.1 Å². The third-order valence-corrected chi connectivity index (χ3v) is 11.6. The SMILES string of the molecule is Cc1[c-]cc(Cc2nc(Nc3ccc(/C=C/c4[c-]cc(Cc5nc(Nc6ccc(C)c(S(=O)(=O)[O-])c6)nc(C(CO)NCCO)n5)cc4)c(S(=O)(=O)[O-])c3)nc(N(CCO)CCO)n2)cc1.O=S(=O)=O.O=S(=O)=O.[Na+].[Na+].[Na+].[Na+]. The van der Waals surface area contributed by atoms with Crippen molar-refractivity contribution in [1.82, 2.24) is 35.2 Å². The van der Waals surface area contributed by atoms with E-state index in [-0.39, 0.29) is 223 Å². The number of aliphatic hydroxyl groups excluding tert-OH is 4. The molecule has 2 aromatic heterocycles. The molecule has 6 rings (SSSR count). The first kappa shape index (κ1) is 74.9. The normalized spacial score (nSPS) is 11.1. The summed E-state index contributed by atoms with van der Waals surface area (Å²) in [5.41, 5.74) is 3.78. The standard InChI is InChI=1S/C44H48N10O10S2.4Na.2O3S/c1-28-3-6-31(7-4-28)24-40-50-43(53-44(51-40)54(18-21-56)19-22-57)47-35-16-14-33(38(26-35)66(62,63)64)13-12-30-8-10-32(11-9-30)23-39-48-41(36(27-58)45-17-20-55)52-42(49-39)46-34-15-5-29(2)37(25-34)65(59,60)61;;;;;2*1-4(2)3/h3,5-8,10-16,25-26,36,45,55-58H,17-24,27H2,1-2H3,(H,59,60,61)(H,62,63,64)(H,46,48,49,52)(H,47,50,51,53);;;;;;/q-2;4*+1;;/p-2/b13-12+;;;;;;. The number of aliphatic hydroxyl groups is 4. The Labute approximate surface area is 541 Å². The van der Waals surface area contributed by atoms with Crippen molar-refractivity contribution in [1.29, 1.82) is 0 Å². The van der Waals surface area contributed by atoms with Gasteiger partial charge in [-0.1, -0.05) is 25.1 Å². The fourth-order valence-corrected chi connectivity index (χ4v) is 7.92. The van der Waals surface area contributed by atoms with Crippen molar-refractivity contribution in [3.63, 3.8) is 0 Å². The smallest absolute Gasteiger partial charge is 0.744 e. The number of anilines is 5. The number of aromatic nitrogens is 6. The van der Waals surface area contributed by atoms with Gasteiger partial charge >= 0.3 is 139 Å². The molecule has 34 heteroatoms. The van der Waals surface area contributed by atoms with Gasteiger partial charge in [-0.2, -0.15) is 60.3 Å². The summed E-state index contributed by atoms with van der Waals surface area (Å²) < 4.78 is 124. The van der Waals surface area contributed by atoms with Crippen LogP contribution in [-0.2, 0) is 54.3 Å². The quantitative estimate of drug-likeness (QED) is 0.0144. The average Bonchev–Trinajstić information content (AvgIpc) is 3.32. The monoisotopic (exact) mass is 1190 g/mol. The fourth-order valence-electron chi connectivity index (χ4n) is 6.49. The van der Waals surface area contributed by atoms with Gasteiger partial charge in [-0.3, -0.25) is 0 Å². The number of aryl methyl sites for hydroxylation is 2. The average molecular weight is 1190 g/mol. The summed E-state index contributed by atoms with van der Waals surface area (Å²) in [4.78, 5) is 27.6. The minimum absolute atomic E-state index is 0. The van der Waals surface area contributed by atoms with E-state index >= 15 is 0 Å². The van der Waals surface area contributed by atoms with Crippen molar-refractivity contribution < 1.29 is 190 Å². The first-order chi connectivity index (χ1) is 35.0. The maximum Gasteiger partial charge on any atom is 1.00 e. The van der Waals surface area contributed by atoms with Gasteiger partial charge in [0.25, 0.3) is 0 Å². The number of nitrogens with one attached hydrogen (secondary N) is 3. The van der Waals surface area contributed by atoms with Crippen LogP contribution < -0.4 is 139 Å². The van der Waals surface area contributed by atoms with Crippen molar-refractivity contribution >= 4 is 82.8 Å². The summed E-state index contributed by atoms with van der Waals surface area (Å²) in [7, 11) is -16.0. The number of nitrogens with zero attached hydrogens (tertiary/aromatic N) is 7. The maximum atomic E-state index is 12.6. The van der Waals surface area contributed by atoms with E-state index in [0.717, 1.165) is 11.1 Å². The Morgan fingerprint density at radius 2 is 1.14 bits per heavy atom. The first-order valence-electron chi connectivity index (χ1n) is 21.3. The van der Waals surface area contributed by atoms with Gasteiger partial charge in [-0.25, -0.2) is 21.8 Å². The van der Waals surface area contributed by atoms with Crippen molar-refractivity contribution in [3.8, 4) is 0 Å². The molecule has 78 heavy (non-hydrogen) atoms. The summed E-state index contributed by atoms with van der Waals surface area (Å²) in [5.74, 6) is 0.902. The predicted molar refractivity (Wildman–Crippen MR) is 260 cm³/mol. The molecular weight excluding hydrogens is 1140 g/mol. The van der Waals surface area contributed by atoms with E-state index in [4.69, 9.17) is 25.3 Å². The molecule has 6 aromatic rings. The molecule has 1 atom stereocenters. The van der Waals surface area contributed by atoms with Gasteiger partial charge in [0, 0.05) is 31.0 Å². The molecule has 0 spiro atoms. The van der Waals surface area contributed by atoms with E-state index < -0.39 is 63.9 Å². The molecule has 7 N–H and O–H groups in total. The van der Waals surface area contributed by atoms with Crippen LogP contribution in [0.2, 0.25) is 0 Å². The molecule has 0 aliphatic rings. The van der Waals surface area contributed by atoms with Gasteiger partial charge < -0.3 is 50.4 Å². The van der Waals surface area contributed by atoms with E-state index in [9.17, 15) is 46.4 Å². The molecule has 396 valence electrons. The van der Waals surface area contributed by atoms with E-state index in [1.165, 1.54) is 37.3 Å². The van der Waals surface area contributed by atoms with Gasteiger partial charge in [0.2, 0.25) is 17.8 Å². The maximum absolute atomic E-state index is 12.6. The zero-order valence-corrected chi connectivity index (χ0v) is 54.2. The molecule has 1 unspecified atom stereocenters. The number of benzene rings is 4. The Kier molecular flexibility index (Phi) is 35.6. The third kappa shape index (κ3) is 26.2. The second kappa shape index (κ2) is 37.1. The molecule has 0 saturated carbocycles. The van der Waals surface area contributed by atoms with Crippen molar-refractivity contribution in [2.75, 3.05) is 61.6 Å². The van der Waals surface area contributed by atoms with Crippen molar-refractivity contribution in [2.45, 2.75) is 42.5 Å². The topological polar surface area (TPSA) is 414 Å². The molecule has 0 radical (unpaired) electrons. The Hall–Kier alpha value is -3.10. The van der Waals surface area contributed by atoms with Crippen LogP contribution in [0.5, 0.6) is 0 Å². The zero-order valence-electron chi connectivity index (χ0n) is 43.0. The van der Waals surface area contributed by atoms with Crippen molar-refractivity contribution in [3.05, 3.63) is 136 Å². The summed E-state index contributed by atoms with van der Waals surface area (Å²) in [6, 6.07) is 24.5. The van der Waals surface area contributed by atoms with Crippen LogP contribution in [-0.4, -0.2) is 148 Å². The third-order valence-electron chi connectivity index (χ3n) is 9.74. The summed E-state index contributed by atoms with van der Waals surface area (Å²) in [6.07, 6.45) is 3.46. The minimum Gasteiger partial charge on any atom is -0.744 e. The molecule has 0 saturated heterocycles. The van der Waals surface area contributed by atoms with E-state index in [0.29, 0.717) is 17.0 Å². The van der Waals surface area contributed by atoms with Gasteiger partial charge in [0.05, 0.1) is 42.3 Å². The second-order valence-electron chi connectivity index (χ2n) is 15.2. The predicted octanol–water partition coefficient (Wildman–Crippen LogP) is -11.7. The van der Waals surface area contributed by atoms with E-state index in [1.54, 1.807) is 41.3 Å². The van der Waals surface area contributed by atoms with Gasteiger partial charge in [-0.15, -0.1) is 66.7 Å². The van der Waals surface area contributed by atoms with Crippen LogP contribution in [0, 0.1) is 26.0 Å². The molecule has 2 heterocycles. The molecule has 0 aliphatic carbocycles. The van der Waals surface area contributed by atoms with Crippen LogP contribution in [0.25, 0.3) is 12.2 Å². The molecular formula is C44H46N10Na4O16S4. The number of rotatable bonds is 22.